The summed E-state index contributed by atoms with van der Waals surface area (Å²) < 4.78 is 6.74. The van der Waals surface area contributed by atoms with Crippen molar-refractivity contribution in [3.8, 4) is 0 Å². The number of benzene rings is 2. The Morgan fingerprint density at radius 3 is 2.78 bits per heavy atom. The first-order chi connectivity index (χ1) is 12.9. The van der Waals surface area contributed by atoms with Crippen molar-refractivity contribution in [1.29, 1.82) is 0 Å². The number of hydrogen-bond acceptors (Lipinski definition) is 6. The highest BCUT2D eigenvalue weighted by molar-refractivity contribution is 9.10. The van der Waals surface area contributed by atoms with E-state index in [0.717, 1.165) is 14.7 Å². The van der Waals surface area contributed by atoms with Gasteiger partial charge in [0.2, 0.25) is 0 Å². The van der Waals surface area contributed by atoms with E-state index in [4.69, 9.17) is 4.74 Å². The second kappa shape index (κ2) is 8.09. The zero-order valence-electron chi connectivity index (χ0n) is 14.3. The highest BCUT2D eigenvalue weighted by atomic mass is 79.9. The zero-order chi connectivity index (χ0) is 19.4. The van der Waals surface area contributed by atoms with E-state index in [-0.39, 0.29) is 0 Å². The standard InChI is InChI=1S/C18H15BrN4O4/c1-11-8-12(6-7-14(11)19)20-16(24)10-27-17(25)9-23-18(26)13-4-2-3-5-15(13)21-22-23/h2-8H,9-10H2,1H3,(H,20,24). The van der Waals surface area contributed by atoms with Gasteiger partial charge in [-0.15, -0.1) is 5.10 Å². The van der Waals surface area contributed by atoms with Gasteiger partial charge in [0.15, 0.2) is 6.61 Å². The number of aryl methyl sites for hydroxylation is 1. The van der Waals surface area contributed by atoms with Crippen LogP contribution in [0.5, 0.6) is 0 Å². The van der Waals surface area contributed by atoms with Gasteiger partial charge in [-0.1, -0.05) is 33.3 Å². The maximum absolute atomic E-state index is 12.3. The molecule has 0 aliphatic rings. The summed E-state index contributed by atoms with van der Waals surface area (Å²) in [7, 11) is 0. The summed E-state index contributed by atoms with van der Waals surface area (Å²) in [6.45, 7) is 0.993. The Hall–Kier alpha value is -3.07. The van der Waals surface area contributed by atoms with Gasteiger partial charge in [-0.2, -0.15) is 4.68 Å². The van der Waals surface area contributed by atoms with Gasteiger partial charge in [-0.25, -0.2) is 0 Å². The molecule has 0 aliphatic heterocycles. The Kier molecular flexibility index (Phi) is 5.60. The molecule has 0 aliphatic carbocycles. The number of halogens is 1. The van der Waals surface area contributed by atoms with E-state index in [2.05, 4.69) is 31.6 Å². The van der Waals surface area contributed by atoms with Crippen molar-refractivity contribution in [2.24, 2.45) is 0 Å². The lowest BCUT2D eigenvalue weighted by atomic mass is 10.2. The van der Waals surface area contributed by atoms with E-state index in [1.807, 2.05) is 13.0 Å². The summed E-state index contributed by atoms with van der Waals surface area (Å²) in [5, 5.41) is 10.6. The molecule has 1 amide bonds. The van der Waals surface area contributed by atoms with E-state index in [9.17, 15) is 14.4 Å². The van der Waals surface area contributed by atoms with Gasteiger partial charge in [-0.3, -0.25) is 14.4 Å². The second-order valence-electron chi connectivity index (χ2n) is 5.74. The van der Waals surface area contributed by atoms with E-state index in [1.54, 1.807) is 36.4 Å². The lowest BCUT2D eigenvalue weighted by molar-refractivity contribution is -0.148. The molecule has 8 nitrogen and oxygen atoms in total. The van der Waals surface area contributed by atoms with Crippen LogP contribution < -0.4 is 10.9 Å². The fourth-order valence-electron chi connectivity index (χ4n) is 2.36. The maximum Gasteiger partial charge on any atom is 0.328 e. The third-order valence-electron chi connectivity index (χ3n) is 3.71. The number of amides is 1. The van der Waals surface area contributed by atoms with Crippen LogP contribution in [0.15, 0.2) is 51.7 Å². The van der Waals surface area contributed by atoms with Crippen LogP contribution in [0.1, 0.15) is 5.56 Å². The zero-order valence-corrected chi connectivity index (χ0v) is 15.9. The van der Waals surface area contributed by atoms with E-state index in [1.165, 1.54) is 0 Å². The smallest absolute Gasteiger partial charge is 0.328 e. The molecule has 9 heteroatoms. The van der Waals surface area contributed by atoms with Crippen LogP contribution in [0, 0.1) is 6.92 Å². The predicted molar refractivity (Wildman–Crippen MR) is 102 cm³/mol. The molecule has 0 saturated carbocycles. The fraction of sp³-hybridized carbons (Fsp3) is 0.167. The topological polar surface area (TPSA) is 103 Å². The number of aromatic nitrogens is 3. The monoisotopic (exact) mass is 430 g/mol. The van der Waals surface area contributed by atoms with Crippen LogP contribution in [-0.2, 0) is 20.9 Å². The largest absolute Gasteiger partial charge is 0.454 e. The summed E-state index contributed by atoms with van der Waals surface area (Å²) in [5.74, 6) is -1.24. The van der Waals surface area contributed by atoms with Crippen LogP contribution in [0.3, 0.4) is 0 Å². The molecule has 27 heavy (non-hydrogen) atoms. The molecular weight excluding hydrogens is 416 g/mol. The van der Waals surface area contributed by atoms with Gasteiger partial charge in [0.1, 0.15) is 12.1 Å². The van der Waals surface area contributed by atoms with Crippen molar-refractivity contribution >= 4 is 44.4 Å². The molecule has 1 N–H and O–H groups in total. The van der Waals surface area contributed by atoms with Crippen molar-refractivity contribution in [3.63, 3.8) is 0 Å². The van der Waals surface area contributed by atoms with Crippen molar-refractivity contribution in [2.45, 2.75) is 13.5 Å². The highest BCUT2D eigenvalue weighted by Gasteiger charge is 2.12. The van der Waals surface area contributed by atoms with Crippen molar-refractivity contribution < 1.29 is 14.3 Å². The molecule has 0 saturated heterocycles. The Labute approximate surface area is 162 Å². The molecule has 138 valence electrons. The van der Waals surface area contributed by atoms with Crippen LogP contribution >= 0.6 is 15.9 Å². The number of esters is 1. The van der Waals surface area contributed by atoms with Crippen LogP contribution in [0.25, 0.3) is 10.9 Å². The summed E-state index contributed by atoms with van der Waals surface area (Å²) >= 11 is 3.38. The van der Waals surface area contributed by atoms with Crippen molar-refractivity contribution in [3.05, 3.63) is 62.9 Å². The number of carbonyl (C=O) groups excluding carboxylic acids is 2. The Bertz CT molecular complexity index is 1080. The minimum Gasteiger partial charge on any atom is -0.454 e. The quantitative estimate of drug-likeness (QED) is 0.621. The number of nitrogens with zero attached hydrogens (tertiary/aromatic N) is 3. The number of anilines is 1. The Morgan fingerprint density at radius 2 is 2.00 bits per heavy atom. The molecule has 1 aromatic heterocycles. The normalized spacial score (nSPS) is 10.6. The lowest BCUT2D eigenvalue weighted by Gasteiger charge is -2.08. The van der Waals surface area contributed by atoms with Gasteiger partial charge in [0.25, 0.3) is 11.5 Å². The van der Waals surface area contributed by atoms with Crippen LogP contribution in [0.2, 0.25) is 0 Å². The number of fused-ring (bicyclic) bond motifs is 1. The van der Waals surface area contributed by atoms with E-state index >= 15 is 0 Å². The second-order valence-corrected chi connectivity index (χ2v) is 6.60. The molecular formula is C18H15BrN4O4. The van der Waals surface area contributed by atoms with Crippen LogP contribution in [0.4, 0.5) is 5.69 Å². The van der Waals surface area contributed by atoms with Gasteiger partial charge in [0, 0.05) is 10.2 Å². The summed E-state index contributed by atoms with van der Waals surface area (Å²) in [6.07, 6.45) is 0. The maximum atomic E-state index is 12.3. The summed E-state index contributed by atoms with van der Waals surface area (Å²) in [6, 6.07) is 12.0. The highest BCUT2D eigenvalue weighted by Crippen LogP contribution is 2.19. The first-order valence-corrected chi connectivity index (χ1v) is 8.77. The van der Waals surface area contributed by atoms with E-state index < -0.39 is 30.6 Å². The number of nitrogens with one attached hydrogen (secondary N) is 1. The molecule has 0 unspecified atom stereocenters. The number of ether oxygens (including phenoxy) is 1. The molecule has 3 rings (SSSR count). The minimum absolute atomic E-state index is 0.351. The molecule has 0 spiro atoms. The third kappa shape index (κ3) is 4.56. The molecule has 3 aromatic rings. The molecule has 0 atom stereocenters. The number of hydrogen-bond donors (Lipinski definition) is 1. The number of carbonyl (C=O) groups is 2. The van der Waals surface area contributed by atoms with Crippen molar-refractivity contribution in [2.75, 3.05) is 11.9 Å². The average molecular weight is 431 g/mol. The molecule has 0 fully saturated rings. The lowest BCUT2D eigenvalue weighted by Crippen LogP contribution is -2.30. The Morgan fingerprint density at radius 1 is 1.22 bits per heavy atom. The first kappa shape index (κ1) is 18.7. The number of rotatable bonds is 5. The molecule has 1 heterocycles. The Balaban J connectivity index is 1.58. The fourth-order valence-corrected chi connectivity index (χ4v) is 2.61. The van der Waals surface area contributed by atoms with Gasteiger partial charge < -0.3 is 10.1 Å². The average Bonchev–Trinajstić information content (AvgIpc) is 2.65. The van der Waals surface area contributed by atoms with Gasteiger partial charge >= 0.3 is 5.97 Å². The summed E-state index contributed by atoms with van der Waals surface area (Å²) in [4.78, 5) is 36.1. The molecule has 0 radical (unpaired) electrons. The third-order valence-corrected chi connectivity index (χ3v) is 4.60. The molecule has 2 aromatic carbocycles. The molecule has 0 bridgehead atoms. The van der Waals surface area contributed by atoms with Crippen LogP contribution in [-0.4, -0.2) is 33.5 Å². The SMILES string of the molecule is Cc1cc(NC(=O)COC(=O)Cn2nnc3ccccc3c2=O)ccc1Br. The van der Waals surface area contributed by atoms with Gasteiger partial charge in [-0.05, 0) is 42.8 Å². The van der Waals surface area contributed by atoms with Crippen molar-refractivity contribution in [1.82, 2.24) is 15.0 Å². The minimum atomic E-state index is -0.760. The van der Waals surface area contributed by atoms with E-state index in [0.29, 0.717) is 16.6 Å². The first-order valence-electron chi connectivity index (χ1n) is 7.98. The summed E-state index contributed by atoms with van der Waals surface area (Å²) in [5.41, 5.74) is 1.54. The predicted octanol–water partition coefficient (Wildman–Crippen LogP) is 2.04. The van der Waals surface area contributed by atoms with Gasteiger partial charge in [0.05, 0.1) is 5.39 Å².